The van der Waals surface area contributed by atoms with Gasteiger partial charge in [-0.3, -0.25) is 14.3 Å². The predicted octanol–water partition coefficient (Wildman–Crippen LogP) is 2.63. The van der Waals surface area contributed by atoms with Gasteiger partial charge < -0.3 is 16.6 Å². The monoisotopic (exact) mass is 410 g/mol. The Hall–Kier alpha value is -3.23. The number of nitrogens with two attached hydrogens (primary N) is 2. The van der Waals surface area contributed by atoms with Crippen molar-refractivity contribution < 1.29 is 9.90 Å². The summed E-state index contributed by atoms with van der Waals surface area (Å²) < 4.78 is 1.65. The van der Waals surface area contributed by atoms with Crippen LogP contribution in [0.25, 0.3) is 28.2 Å². The van der Waals surface area contributed by atoms with Crippen molar-refractivity contribution in [3.05, 3.63) is 52.8 Å². The number of primary amides is 1. The number of hydrogen-bond acceptors (Lipinski definition) is 6. The van der Waals surface area contributed by atoms with Gasteiger partial charge in [-0.15, -0.1) is 0 Å². The number of amides is 1. The average molecular weight is 411 g/mol. The number of carbonyl (C=O) groups is 1. The summed E-state index contributed by atoms with van der Waals surface area (Å²) in [6, 6.07) is 3.40. The van der Waals surface area contributed by atoms with E-state index in [1.165, 1.54) is 6.20 Å². The van der Waals surface area contributed by atoms with E-state index in [4.69, 9.17) is 23.1 Å². The minimum absolute atomic E-state index is 0.0832. The Kier molecular flexibility index (Phi) is 4.60. The van der Waals surface area contributed by atoms with Crippen LogP contribution in [0.3, 0.4) is 0 Å². The Morgan fingerprint density at radius 3 is 2.66 bits per heavy atom. The zero-order chi connectivity index (χ0) is 20.9. The summed E-state index contributed by atoms with van der Waals surface area (Å²) in [6.07, 6.45) is 5.90. The van der Waals surface area contributed by atoms with Crippen LogP contribution in [-0.2, 0) is 0 Å². The maximum atomic E-state index is 12.2. The Balaban J connectivity index is 2.00. The van der Waals surface area contributed by atoms with Crippen molar-refractivity contribution in [3.8, 4) is 11.4 Å². The maximum absolute atomic E-state index is 12.2. The molecule has 0 saturated carbocycles. The number of fused-ring (bicyclic) bond motifs is 1. The third-order valence-corrected chi connectivity index (χ3v) is 5.29. The van der Waals surface area contributed by atoms with Crippen molar-refractivity contribution in [1.82, 2.24) is 19.5 Å². The van der Waals surface area contributed by atoms with E-state index in [0.29, 0.717) is 22.1 Å². The molecule has 1 amide bonds. The predicted molar refractivity (Wildman–Crippen MR) is 112 cm³/mol. The number of allylic oxidation sites excluding steroid dienone is 2. The molecule has 1 aliphatic carbocycles. The lowest BCUT2D eigenvalue weighted by molar-refractivity contribution is 0.100. The van der Waals surface area contributed by atoms with Gasteiger partial charge in [0.25, 0.3) is 5.91 Å². The van der Waals surface area contributed by atoms with Gasteiger partial charge in [-0.25, -0.2) is 9.97 Å². The molecule has 3 heterocycles. The van der Waals surface area contributed by atoms with Crippen LogP contribution in [0.4, 0.5) is 5.82 Å². The number of carbonyl (C=O) groups excluding carboxylic acids is 1. The molecule has 0 saturated heterocycles. The Labute approximate surface area is 171 Å². The van der Waals surface area contributed by atoms with Crippen LogP contribution >= 0.6 is 11.6 Å². The molecule has 0 fully saturated rings. The molecule has 0 unspecified atom stereocenters. The highest BCUT2D eigenvalue weighted by Gasteiger charge is 2.30. The molecule has 3 aromatic rings. The SMILES string of the molecule is CC1=C(n2c(N)c(C(N)=O)c3nc(-c4ccc(Cl)cn4)cnc32)[C@H](C)[C@H](O)C=C1. The number of aliphatic hydroxyl groups is 1. The molecular weight excluding hydrogens is 392 g/mol. The average Bonchev–Trinajstić information content (AvgIpc) is 2.97. The van der Waals surface area contributed by atoms with E-state index in [9.17, 15) is 9.90 Å². The quantitative estimate of drug-likeness (QED) is 0.607. The highest BCUT2D eigenvalue weighted by Crippen LogP contribution is 2.37. The minimum atomic E-state index is -0.709. The van der Waals surface area contributed by atoms with Crippen LogP contribution in [0.15, 0.2) is 42.3 Å². The Morgan fingerprint density at radius 1 is 1.24 bits per heavy atom. The number of aromatic nitrogens is 4. The smallest absolute Gasteiger partial charge is 0.254 e. The van der Waals surface area contributed by atoms with Gasteiger partial charge in [0.1, 0.15) is 22.6 Å². The maximum Gasteiger partial charge on any atom is 0.254 e. The van der Waals surface area contributed by atoms with Crippen LogP contribution in [0, 0.1) is 5.92 Å². The van der Waals surface area contributed by atoms with Crippen LogP contribution in [0.5, 0.6) is 0 Å². The van der Waals surface area contributed by atoms with E-state index in [1.807, 2.05) is 19.9 Å². The summed E-state index contributed by atoms with van der Waals surface area (Å²) >= 11 is 5.90. The third kappa shape index (κ3) is 3.06. The summed E-state index contributed by atoms with van der Waals surface area (Å²) in [6.45, 7) is 3.78. The molecule has 0 aromatic carbocycles. The fourth-order valence-corrected chi connectivity index (χ4v) is 3.71. The fraction of sp³-hybridized carbons (Fsp3) is 0.200. The standard InChI is InChI=1S/C20H19ClN6O2/c1-9-3-6-14(28)10(2)17(9)27-18(22)15(19(23)29)16-20(27)25-8-13(26-16)12-5-4-11(21)7-24-12/h3-8,10,14,28H,22H2,1-2H3,(H2,23,29)/t10-,14-/m1/s1. The number of halogens is 1. The first kappa shape index (κ1) is 19.1. The van der Waals surface area contributed by atoms with Gasteiger partial charge in [-0.2, -0.15) is 0 Å². The van der Waals surface area contributed by atoms with Crippen molar-refractivity contribution in [2.45, 2.75) is 20.0 Å². The number of anilines is 1. The largest absolute Gasteiger partial charge is 0.388 e. The van der Waals surface area contributed by atoms with Gasteiger partial charge >= 0.3 is 0 Å². The van der Waals surface area contributed by atoms with Crippen LogP contribution < -0.4 is 11.5 Å². The van der Waals surface area contributed by atoms with Gasteiger partial charge in [0.15, 0.2) is 5.65 Å². The van der Waals surface area contributed by atoms with Crippen molar-refractivity contribution in [2.24, 2.45) is 11.7 Å². The molecule has 148 valence electrons. The fourth-order valence-electron chi connectivity index (χ4n) is 3.59. The summed E-state index contributed by atoms with van der Waals surface area (Å²) in [5, 5.41) is 10.8. The first-order valence-corrected chi connectivity index (χ1v) is 9.33. The van der Waals surface area contributed by atoms with Crippen molar-refractivity contribution in [3.63, 3.8) is 0 Å². The summed E-state index contributed by atoms with van der Waals surface area (Å²) in [5.74, 6) is -0.838. The summed E-state index contributed by atoms with van der Waals surface area (Å²) in [7, 11) is 0. The molecular formula is C20H19ClN6O2. The topological polar surface area (TPSA) is 133 Å². The molecule has 9 heteroatoms. The second-order valence-corrected chi connectivity index (χ2v) is 7.39. The molecule has 4 rings (SSSR count). The normalized spacial score (nSPS) is 19.2. The molecule has 5 N–H and O–H groups in total. The highest BCUT2D eigenvalue weighted by molar-refractivity contribution is 6.30. The highest BCUT2D eigenvalue weighted by atomic mass is 35.5. The molecule has 2 atom stereocenters. The number of pyridine rings is 1. The Bertz CT molecular complexity index is 1200. The van der Waals surface area contributed by atoms with Gasteiger partial charge in [0.2, 0.25) is 0 Å². The van der Waals surface area contributed by atoms with E-state index < -0.39 is 12.0 Å². The minimum Gasteiger partial charge on any atom is -0.388 e. The van der Waals surface area contributed by atoms with E-state index in [-0.39, 0.29) is 22.8 Å². The van der Waals surface area contributed by atoms with Gasteiger partial charge in [-0.1, -0.05) is 30.7 Å². The molecule has 29 heavy (non-hydrogen) atoms. The third-order valence-electron chi connectivity index (χ3n) is 5.07. The molecule has 8 nitrogen and oxygen atoms in total. The summed E-state index contributed by atoms with van der Waals surface area (Å²) in [4.78, 5) is 25.5. The lowest BCUT2D eigenvalue weighted by Gasteiger charge is -2.27. The first-order valence-electron chi connectivity index (χ1n) is 8.95. The van der Waals surface area contributed by atoms with Gasteiger partial charge in [0.05, 0.1) is 23.0 Å². The van der Waals surface area contributed by atoms with Crippen LogP contribution in [0.2, 0.25) is 5.02 Å². The lowest BCUT2D eigenvalue weighted by atomic mass is 9.91. The number of hydrogen-bond donors (Lipinski definition) is 3. The number of rotatable bonds is 3. The zero-order valence-electron chi connectivity index (χ0n) is 15.8. The molecule has 1 aliphatic rings. The van der Waals surface area contributed by atoms with Crippen molar-refractivity contribution in [1.29, 1.82) is 0 Å². The van der Waals surface area contributed by atoms with Crippen LogP contribution in [-0.4, -0.2) is 36.6 Å². The van der Waals surface area contributed by atoms with E-state index >= 15 is 0 Å². The van der Waals surface area contributed by atoms with Crippen molar-refractivity contribution >= 4 is 40.2 Å². The summed E-state index contributed by atoms with van der Waals surface area (Å²) in [5.41, 5.74) is 15.3. The van der Waals surface area contributed by atoms with Crippen molar-refractivity contribution in [2.75, 3.05) is 5.73 Å². The second-order valence-electron chi connectivity index (χ2n) is 6.96. The number of aliphatic hydroxyl groups excluding tert-OH is 1. The second kappa shape index (κ2) is 6.98. The molecule has 0 aliphatic heterocycles. The van der Waals surface area contributed by atoms with Crippen LogP contribution in [0.1, 0.15) is 24.2 Å². The molecule has 3 aromatic heterocycles. The van der Waals surface area contributed by atoms with E-state index in [1.54, 1.807) is 29.0 Å². The zero-order valence-corrected chi connectivity index (χ0v) is 16.6. The lowest BCUT2D eigenvalue weighted by Crippen LogP contribution is -2.24. The molecule has 0 bridgehead atoms. The number of nitrogens with zero attached hydrogens (tertiary/aromatic N) is 4. The number of nitrogen functional groups attached to an aromatic ring is 1. The first-order chi connectivity index (χ1) is 13.8. The molecule has 0 spiro atoms. The van der Waals surface area contributed by atoms with Gasteiger partial charge in [-0.05, 0) is 24.6 Å². The van der Waals surface area contributed by atoms with E-state index in [2.05, 4.69) is 15.0 Å². The Morgan fingerprint density at radius 2 is 2.00 bits per heavy atom. The molecule has 0 radical (unpaired) electrons. The van der Waals surface area contributed by atoms with E-state index in [0.717, 1.165) is 11.3 Å². The van der Waals surface area contributed by atoms with Gasteiger partial charge in [0, 0.05) is 17.8 Å².